The average molecular weight is 387 g/mol. The lowest BCUT2D eigenvalue weighted by molar-refractivity contribution is 0.867. The molecule has 2 N–H and O–H groups in total. The van der Waals surface area contributed by atoms with Crippen LogP contribution in [-0.4, -0.2) is 19.7 Å². The smallest absolute Gasteiger partial charge is 0.263 e. The highest BCUT2D eigenvalue weighted by Gasteiger charge is 2.14. The lowest BCUT2D eigenvalue weighted by atomic mass is 10.2. The molecule has 5 aromatic rings. The van der Waals surface area contributed by atoms with Crippen molar-refractivity contribution in [2.45, 2.75) is 13.0 Å². The van der Waals surface area contributed by atoms with Crippen molar-refractivity contribution in [1.29, 1.82) is 0 Å². The number of thiophene rings is 1. The van der Waals surface area contributed by atoms with Gasteiger partial charge in [-0.3, -0.25) is 9.78 Å². The van der Waals surface area contributed by atoms with E-state index in [0.717, 1.165) is 5.69 Å². The van der Waals surface area contributed by atoms with Gasteiger partial charge in [-0.05, 0) is 36.6 Å². The summed E-state index contributed by atoms with van der Waals surface area (Å²) >= 11 is 1.73. The number of aromatic nitrogens is 4. The Labute approximate surface area is 164 Å². The van der Waals surface area contributed by atoms with Crippen molar-refractivity contribution < 1.29 is 0 Å². The van der Waals surface area contributed by atoms with Gasteiger partial charge in [0.1, 0.15) is 5.39 Å². The van der Waals surface area contributed by atoms with E-state index in [0.29, 0.717) is 17.0 Å². The van der Waals surface area contributed by atoms with Gasteiger partial charge in [0.25, 0.3) is 5.56 Å². The molecule has 1 unspecified atom stereocenters. The molecule has 0 saturated heterocycles. The highest BCUT2D eigenvalue weighted by molar-refractivity contribution is 7.19. The molecule has 0 aliphatic heterocycles. The molecule has 5 rings (SSSR count). The molecule has 28 heavy (non-hydrogen) atoms. The van der Waals surface area contributed by atoms with Gasteiger partial charge >= 0.3 is 0 Å². The molecule has 0 spiro atoms. The zero-order valence-electron chi connectivity index (χ0n) is 15.1. The van der Waals surface area contributed by atoms with Crippen molar-refractivity contribution in [3.05, 3.63) is 82.1 Å². The van der Waals surface area contributed by atoms with Gasteiger partial charge in [0, 0.05) is 9.58 Å². The van der Waals surface area contributed by atoms with Gasteiger partial charge in [-0.25, -0.2) is 4.68 Å². The zero-order chi connectivity index (χ0) is 19.1. The Hall–Kier alpha value is -3.45. The van der Waals surface area contributed by atoms with Crippen LogP contribution < -0.4 is 10.9 Å². The van der Waals surface area contributed by atoms with Gasteiger partial charge in [0.2, 0.25) is 5.95 Å². The highest BCUT2D eigenvalue weighted by Crippen LogP contribution is 2.31. The van der Waals surface area contributed by atoms with Crippen LogP contribution in [0, 0.1) is 0 Å². The number of nitrogens with zero attached hydrogens (tertiary/aromatic N) is 3. The molecule has 0 saturated carbocycles. The standard InChI is InChI=1S/C21H17N5OS/c1-13(18-11-14-7-5-6-10-17(14)28-18)23-21-24-19-16(20(27)25-21)12-22-26(19)15-8-3-2-4-9-15/h2-13H,1H3,(H2,23,24,25,27). The summed E-state index contributed by atoms with van der Waals surface area (Å²) in [7, 11) is 0. The van der Waals surface area contributed by atoms with E-state index in [-0.39, 0.29) is 11.6 Å². The van der Waals surface area contributed by atoms with Gasteiger partial charge in [0.15, 0.2) is 5.65 Å². The fourth-order valence-electron chi connectivity index (χ4n) is 3.24. The Morgan fingerprint density at radius 3 is 2.71 bits per heavy atom. The van der Waals surface area contributed by atoms with Gasteiger partial charge in [0.05, 0.1) is 17.9 Å². The second-order valence-corrected chi connectivity index (χ2v) is 7.71. The van der Waals surface area contributed by atoms with Crippen LogP contribution in [0.2, 0.25) is 0 Å². The third-order valence-corrected chi connectivity index (χ3v) is 5.96. The quantitative estimate of drug-likeness (QED) is 0.476. The number of para-hydroxylation sites is 1. The Bertz CT molecular complexity index is 1300. The predicted octanol–water partition coefficient (Wildman–Crippen LogP) is 4.50. The molecular weight excluding hydrogens is 370 g/mol. The SMILES string of the molecule is CC(Nc1nc2c(cnn2-c2ccccc2)c(=O)[nH]1)c1cc2ccccc2s1. The zero-order valence-corrected chi connectivity index (χ0v) is 15.9. The van der Waals surface area contributed by atoms with E-state index in [2.05, 4.69) is 45.5 Å². The normalized spacial score (nSPS) is 12.5. The molecular formula is C21H17N5OS. The third-order valence-electron chi connectivity index (χ3n) is 4.66. The van der Waals surface area contributed by atoms with Crippen LogP contribution in [0.5, 0.6) is 0 Å². The van der Waals surface area contributed by atoms with E-state index in [4.69, 9.17) is 0 Å². The summed E-state index contributed by atoms with van der Waals surface area (Å²) in [5.74, 6) is 0.431. The van der Waals surface area contributed by atoms with Crippen molar-refractivity contribution in [2.75, 3.05) is 5.32 Å². The van der Waals surface area contributed by atoms with E-state index in [1.54, 1.807) is 22.2 Å². The van der Waals surface area contributed by atoms with Gasteiger partial charge in [-0.15, -0.1) is 11.3 Å². The largest absolute Gasteiger partial charge is 0.348 e. The van der Waals surface area contributed by atoms with Crippen LogP contribution in [0.4, 0.5) is 5.95 Å². The number of rotatable bonds is 4. The van der Waals surface area contributed by atoms with E-state index in [9.17, 15) is 4.79 Å². The summed E-state index contributed by atoms with van der Waals surface area (Å²) in [5.41, 5.74) is 1.18. The average Bonchev–Trinajstić information content (AvgIpc) is 3.33. The predicted molar refractivity (Wildman–Crippen MR) is 113 cm³/mol. The number of anilines is 1. The molecule has 3 aromatic heterocycles. The first-order chi connectivity index (χ1) is 13.7. The minimum atomic E-state index is -0.210. The summed E-state index contributed by atoms with van der Waals surface area (Å²) in [6.07, 6.45) is 1.55. The van der Waals surface area contributed by atoms with Gasteiger partial charge in [-0.2, -0.15) is 10.1 Å². The van der Waals surface area contributed by atoms with Gasteiger partial charge < -0.3 is 5.32 Å². The molecule has 0 radical (unpaired) electrons. The number of H-pyrrole nitrogens is 1. The topological polar surface area (TPSA) is 75.6 Å². The van der Waals surface area contributed by atoms with E-state index >= 15 is 0 Å². The third kappa shape index (κ3) is 2.86. The highest BCUT2D eigenvalue weighted by atomic mass is 32.1. The van der Waals surface area contributed by atoms with Crippen molar-refractivity contribution in [2.24, 2.45) is 0 Å². The fraction of sp³-hybridized carbons (Fsp3) is 0.0952. The van der Waals surface area contributed by atoms with Crippen LogP contribution in [0.1, 0.15) is 17.8 Å². The molecule has 138 valence electrons. The van der Waals surface area contributed by atoms with E-state index in [1.807, 2.05) is 42.5 Å². The Morgan fingerprint density at radius 1 is 1.11 bits per heavy atom. The van der Waals surface area contributed by atoms with Crippen LogP contribution in [0.15, 0.2) is 71.7 Å². The Balaban J connectivity index is 1.53. The number of nitrogens with one attached hydrogen (secondary N) is 2. The second kappa shape index (κ2) is 6.61. The summed E-state index contributed by atoms with van der Waals surface area (Å²) in [4.78, 5) is 21.2. The molecule has 7 heteroatoms. The molecule has 0 aliphatic rings. The summed E-state index contributed by atoms with van der Waals surface area (Å²) in [6.45, 7) is 2.06. The van der Waals surface area contributed by atoms with Crippen molar-refractivity contribution in [3.8, 4) is 5.69 Å². The molecule has 0 bridgehead atoms. The Kier molecular flexibility index (Phi) is 3.95. The van der Waals surface area contributed by atoms with E-state index < -0.39 is 0 Å². The second-order valence-electron chi connectivity index (χ2n) is 6.60. The number of hydrogen-bond acceptors (Lipinski definition) is 5. The molecule has 0 aliphatic carbocycles. The lowest BCUT2D eigenvalue weighted by Gasteiger charge is -2.12. The fourth-order valence-corrected chi connectivity index (χ4v) is 4.30. The van der Waals surface area contributed by atoms with Crippen LogP contribution in [0.3, 0.4) is 0 Å². The first-order valence-corrected chi connectivity index (χ1v) is 9.79. The van der Waals surface area contributed by atoms with Crippen molar-refractivity contribution >= 4 is 38.4 Å². The van der Waals surface area contributed by atoms with Crippen LogP contribution in [-0.2, 0) is 0 Å². The van der Waals surface area contributed by atoms with Gasteiger partial charge in [-0.1, -0.05) is 36.4 Å². The summed E-state index contributed by atoms with van der Waals surface area (Å²) in [5, 5.41) is 9.35. The van der Waals surface area contributed by atoms with Crippen LogP contribution >= 0.6 is 11.3 Å². The molecule has 0 fully saturated rings. The van der Waals surface area contributed by atoms with Crippen LogP contribution in [0.25, 0.3) is 26.8 Å². The van der Waals surface area contributed by atoms with E-state index in [1.165, 1.54) is 15.0 Å². The van der Waals surface area contributed by atoms with Crippen molar-refractivity contribution in [3.63, 3.8) is 0 Å². The maximum Gasteiger partial charge on any atom is 0.263 e. The Morgan fingerprint density at radius 2 is 1.89 bits per heavy atom. The monoisotopic (exact) mass is 387 g/mol. The number of hydrogen-bond donors (Lipinski definition) is 2. The maximum absolute atomic E-state index is 12.5. The first-order valence-electron chi connectivity index (χ1n) is 8.97. The van der Waals surface area contributed by atoms with Crippen molar-refractivity contribution in [1.82, 2.24) is 19.7 Å². The molecule has 3 heterocycles. The minimum absolute atomic E-state index is 0.00565. The lowest BCUT2D eigenvalue weighted by Crippen LogP contribution is -2.15. The first kappa shape index (κ1) is 16.7. The number of aromatic amines is 1. The number of fused-ring (bicyclic) bond motifs is 2. The number of benzene rings is 2. The molecule has 1 atom stereocenters. The minimum Gasteiger partial charge on any atom is -0.348 e. The summed E-state index contributed by atoms with van der Waals surface area (Å²) < 4.78 is 2.92. The molecule has 2 aromatic carbocycles. The summed E-state index contributed by atoms with van der Waals surface area (Å²) in [6, 6.07) is 20.1. The molecule has 0 amide bonds. The molecule has 6 nitrogen and oxygen atoms in total. The maximum atomic E-state index is 12.5.